The molecule has 20 heavy (non-hydrogen) atoms. The Morgan fingerprint density at radius 3 is 2.55 bits per heavy atom. The second-order valence-electron chi connectivity index (χ2n) is 6.04. The second-order valence-corrected chi connectivity index (χ2v) is 6.04. The van der Waals surface area contributed by atoms with Gasteiger partial charge in [0.2, 0.25) is 5.88 Å². The third-order valence-corrected chi connectivity index (χ3v) is 3.96. The molecule has 1 aromatic rings. The Labute approximate surface area is 122 Å². The van der Waals surface area contributed by atoms with E-state index in [2.05, 4.69) is 48.7 Å². The number of piperazine rings is 1. The maximum Gasteiger partial charge on any atom is 0.216 e. The molecule has 112 valence electrons. The van der Waals surface area contributed by atoms with Gasteiger partial charge in [-0.1, -0.05) is 13.8 Å². The monoisotopic (exact) mass is 277 g/mol. The van der Waals surface area contributed by atoms with Gasteiger partial charge in [-0.25, -0.2) is 4.98 Å². The van der Waals surface area contributed by atoms with Crippen molar-refractivity contribution in [1.29, 1.82) is 0 Å². The highest BCUT2D eigenvalue weighted by molar-refractivity contribution is 5.29. The number of pyridine rings is 1. The van der Waals surface area contributed by atoms with Crippen LogP contribution in [0.2, 0.25) is 0 Å². The molecule has 0 bridgehead atoms. The smallest absolute Gasteiger partial charge is 0.216 e. The largest absolute Gasteiger partial charge is 0.476 e. The van der Waals surface area contributed by atoms with Gasteiger partial charge in [-0.15, -0.1) is 0 Å². The van der Waals surface area contributed by atoms with E-state index in [4.69, 9.17) is 4.74 Å². The second kappa shape index (κ2) is 7.04. The van der Waals surface area contributed by atoms with Crippen molar-refractivity contribution in [2.75, 3.05) is 46.4 Å². The van der Waals surface area contributed by atoms with Crippen LogP contribution in [0.4, 0.5) is 0 Å². The van der Waals surface area contributed by atoms with Crippen molar-refractivity contribution in [1.82, 2.24) is 14.8 Å². The summed E-state index contributed by atoms with van der Waals surface area (Å²) in [6.07, 6.45) is 1.93. The summed E-state index contributed by atoms with van der Waals surface area (Å²) in [5.41, 5.74) is 2.41. The van der Waals surface area contributed by atoms with Crippen molar-refractivity contribution in [3.8, 4) is 5.88 Å². The predicted molar refractivity (Wildman–Crippen MR) is 82.5 cm³/mol. The molecule has 1 aromatic heterocycles. The maximum atomic E-state index is 5.83. The molecule has 1 aliphatic rings. The van der Waals surface area contributed by atoms with E-state index in [-0.39, 0.29) is 0 Å². The van der Waals surface area contributed by atoms with Gasteiger partial charge in [-0.05, 0) is 31.5 Å². The van der Waals surface area contributed by atoms with Crippen molar-refractivity contribution >= 4 is 0 Å². The first-order chi connectivity index (χ1) is 9.56. The molecule has 0 spiro atoms. The molecule has 0 aromatic carbocycles. The van der Waals surface area contributed by atoms with Gasteiger partial charge in [-0.3, -0.25) is 4.90 Å². The molecule has 2 heterocycles. The van der Waals surface area contributed by atoms with Crippen LogP contribution in [0, 0.1) is 6.92 Å². The van der Waals surface area contributed by atoms with Gasteiger partial charge in [-0.2, -0.15) is 0 Å². The van der Waals surface area contributed by atoms with E-state index in [0.29, 0.717) is 5.92 Å². The van der Waals surface area contributed by atoms with E-state index in [9.17, 15) is 0 Å². The summed E-state index contributed by atoms with van der Waals surface area (Å²) in [7, 11) is 2.18. The SMILES string of the molecule is Cc1cc(C(C)C)cnc1OCCN1CCN(C)CC1. The van der Waals surface area contributed by atoms with Gasteiger partial charge < -0.3 is 9.64 Å². The first kappa shape index (κ1) is 15.3. The molecule has 0 atom stereocenters. The Morgan fingerprint density at radius 2 is 1.95 bits per heavy atom. The average Bonchev–Trinajstić information content (AvgIpc) is 2.42. The number of nitrogens with zero attached hydrogens (tertiary/aromatic N) is 3. The van der Waals surface area contributed by atoms with Gasteiger partial charge in [0.25, 0.3) is 0 Å². The molecule has 4 nitrogen and oxygen atoms in total. The van der Waals surface area contributed by atoms with Gasteiger partial charge in [0.1, 0.15) is 6.61 Å². The first-order valence-electron chi connectivity index (χ1n) is 7.56. The van der Waals surface area contributed by atoms with Crippen LogP contribution in [0.1, 0.15) is 30.9 Å². The molecule has 4 heteroatoms. The molecule has 1 saturated heterocycles. The lowest BCUT2D eigenvalue weighted by Gasteiger charge is -2.32. The highest BCUT2D eigenvalue weighted by Crippen LogP contribution is 2.20. The van der Waals surface area contributed by atoms with Crippen LogP contribution in [0.25, 0.3) is 0 Å². The molecule has 2 rings (SSSR count). The fourth-order valence-electron chi connectivity index (χ4n) is 2.39. The van der Waals surface area contributed by atoms with Gasteiger partial charge in [0.05, 0.1) is 0 Å². The van der Waals surface area contributed by atoms with Gasteiger partial charge in [0.15, 0.2) is 0 Å². The fourth-order valence-corrected chi connectivity index (χ4v) is 2.39. The number of aryl methyl sites for hydroxylation is 1. The highest BCUT2D eigenvalue weighted by Gasteiger charge is 2.13. The lowest BCUT2D eigenvalue weighted by atomic mass is 10.0. The molecule has 0 radical (unpaired) electrons. The number of hydrogen-bond acceptors (Lipinski definition) is 4. The zero-order valence-electron chi connectivity index (χ0n) is 13.2. The molecule has 1 aliphatic heterocycles. The maximum absolute atomic E-state index is 5.83. The molecule has 0 unspecified atom stereocenters. The predicted octanol–water partition coefficient (Wildman–Crippen LogP) is 2.14. The molecule has 0 amide bonds. The minimum atomic E-state index is 0.514. The Hall–Kier alpha value is -1.13. The third-order valence-electron chi connectivity index (χ3n) is 3.96. The average molecular weight is 277 g/mol. The number of likely N-dealkylation sites (N-methyl/N-ethyl adjacent to an activating group) is 1. The Kier molecular flexibility index (Phi) is 5.38. The molecular weight excluding hydrogens is 250 g/mol. The van der Waals surface area contributed by atoms with Crippen LogP contribution in [0.3, 0.4) is 0 Å². The third kappa shape index (κ3) is 4.18. The van der Waals surface area contributed by atoms with E-state index in [1.165, 1.54) is 5.56 Å². The molecule has 0 saturated carbocycles. The van der Waals surface area contributed by atoms with E-state index in [1.54, 1.807) is 0 Å². The zero-order chi connectivity index (χ0) is 14.5. The molecule has 1 fully saturated rings. The number of aromatic nitrogens is 1. The summed E-state index contributed by atoms with van der Waals surface area (Å²) in [6, 6.07) is 2.18. The van der Waals surface area contributed by atoms with Crippen LogP contribution in [0.5, 0.6) is 5.88 Å². The van der Waals surface area contributed by atoms with Crippen LogP contribution >= 0.6 is 0 Å². The summed E-state index contributed by atoms with van der Waals surface area (Å²) in [5.74, 6) is 1.30. The van der Waals surface area contributed by atoms with E-state index < -0.39 is 0 Å². The van der Waals surface area contributed by atoms with Crippen LogP contribution in [0.15, 0.2) is 12.3 Å². The summed E-state index contributed by atoms with van der Waals surface area (Å²) in [6.45, 7) is 12.7. The Balaban J connectivity index is 1.79. The Morgan fingerprint density at radius 1 is 1.25 bits per heavy atom. The van der Waals surface area contributed by atoms with Crippen molar-refractivity contribution in [2.45, 2.75) is 26.7 Å². The molecule has 0 N–H and O–H groups in total. The van der Waals surface area contributed by atoms with Crippen molar-refractivity contribution in [2.24, 2.45) is 0 Å². The first-order valence-corrected chi connectivity index (χ1v) is 7.56. The van der Waals surface area contributed by atoms with Crippen molar-refractivity contribution in [3.63, 3.8) is 0 Å². The zero-order valence-corrected chi connectivity index (χ0v) is 13.2. The summed E-state index contributed by atoms with van der Waals surface area (Å²) in [5, 5.41) is 0. The Bertz CT molecular complexity index is 426. The van der Waals surface area contributed by atoms with E-state index in [0.717, 1.165) is 50.8 Å². The lowest BCUT2D eigenvalue weighted by Crippen LogP contribution is -2.45. The minimum Gasteiger partial charge on any atom is -0.476 e. The molecular formula is C16H27N3O. The van der Waals surface area contributed by atoms with Crippen LogP contribution in [-0.4, -0.2) is 61.2 Å². The normalized spacial score (nSPS) is 17.6. The summed E-state index contributed by atoms with van der Waals surface area (Å²) in [4.78, 5) is 9.27. The quantitative estimate of drug-likeness (QED) is 0.824. The van der Waals surface area contributed by atoms with Crippen LogP contribution < -0.4 is 4.74 Å². The number of hydrogen-bond donors (Lipinski definition) is 0. The number of ether oxygens (including phenoxy) is 1. The van der Waals surface area contributed by atoms with Gasteiger partial charge >= 0.3 is 0 Å². The topological polar surface area (TPSA) is 28.6 Å². The van der Waals surface area contributed by atoms with E-state index >= 15 is 0 Å². The molecule has 0 aliphatic carbocycles. The highest BCUT2D eigenvalue weighted by atomic mass is 16.5. The summed E-state index contributed by atoms with van der Waals surface area (Å²) < 4.78 is 5.83. The standard InChI is InChI=1S/C16H27N3O/c1-13(2)15-11-14(3)16(17-12-15)20-10-9-19-7-5-18(4)6-8-19/h11-13H,5-10H2,1-4H3. The summed E-state index contributed by atoms with van der Waals surface area (Å²) >= 11 is 0. The van der Waals surface area contributed by atoms with Crippen molar-refractivity contribution < 1.29 is 4.74 Å². The van der Waals surface area contributed by atoms with E-state index in [1.807, 2.05) is 6.20 Å². The fraction of sp³-hybridized carbons (Fsp3) is 0.688. The number of rotatable bonds is 5. The van der Waals surface area contributed by atoms with Gasteiger partial charge in [0, 0.05) is 44.5 Å². The van der Waals surface area contributed by atoms with Crippen LogP contribution in [-0.2, 0) is 0 Å². The lowest BCUT2D eigenvalue weighted by molar-refractivity contribution is 0.132. The van der Waals surface area contributed by atoms with Crippen molar-refractivity contribution in [3.05, 3.63) is 23.4 Å². The minimum absolute atomic E-state index is 0.514.